The van der Waals surface area contributed by atoms with Gasteiger partial charge < -0.3 is 5.32 Å². The molecule has 2 fully saturated rings. The summed E-state index contributed by atoms with van der Waals surface area (Å²) in [5.74, 6) is 0.258. The number of hydrogen-bond acceptors (Lipinski definition) is 3. The number of hydrogen-bond donors (Lipinski definition) is 1. The SMILES string of the molecule is CSC1CCCCC1NC1CCCCC1C#N. The summed E-state index contributed by atoms with van der Waals surface area (Å²) in [5.41, 5.74) is 0. The first-order valence-corrected chi connectivity index (χ1v) is 8.32. The molecule has 96 valence electrons. The van der Waals surface area contributed by atoms with Gasteiger partial charge in [-0.25, -0.2) is 0 Å². The van der Waals surface area contributed by atoms with E-state index >= 15 is 0 Å². The molecule has 3 heteroatoms. The second kappa shape index (κ2) is 6.66. The Bertz CT molecular complexity index is 274. The second-order valence-electron chi connectivity index (χ2n) is 5.46. The van der Waals surface area contributed by atoms with Gasteiger partial charge in [-0.2, -0.15) is 17.0 Å². The maximum absolute atomic E-state index is 9.22. The molecule has 4 unspecified atom stereocenters. The van der Waals surface area contributed by atoms with Gasteiger partial charge in [-0.1, -0.05) is 25.7 Å². The first-order valence-electron chi connectivity index (χ1n) is 7.03. The molecule has 2 aliphatic rings. The molecule has 17 heavy (non-hydrogen) atoms. The molecular weight excluding hydrogens is 228 g/mol. The lowest BCUT2D eigenvalue weighted by Gasteiger charge is -2.37. The van der Waals surface area contributed by atoms with Crippen LogP contribution < -0.4 is 5.32 Å². The van der Waals surface area contributed by atoms with Crippen molar-refractivity contribution in [3.8, 4) is 6.07 Å². The van der Waals surface area contributed by atoms with Gasteiger partial charge in [-0.3, -0.25) is 0 Å². The van der Waals surface area contributed by atoms with Gasteiger partial charge in [0.1, 0.15) is 0 Å². The van der Waals surface area contributed by atoms with Crippen LogP contribution >= 0.6 is 11.8 Å². The number of nitriles is 1. The molecule has 4 atom stereocenters. The Morgan fingerprint density at radius 1 is 1.00 bits per heavy atom. The zero-order chi connectivity index (χ0) is 12.1. The van der Waals surface area contributed by atoms with Gasteiger partial charge in [0.25, 0.3) is 0 Å². The minimum atomic E-state index is 0.258. The van der Waals surface area contributed by atoms with E-state index in [0.717, 1.165) is 11.7 Å². The van der Waals surface area contributed by atoms with Crippen molar-refractivity contribution in [2.75, 3.05) is 6.26 Å². The molecule has 2 saturated carbocycles. The highest BCUT2D eigenvalue weighted by Gasteiger charge is 2.31. The topological polar surface area (TPSA) is 35.8 Å². The molecule has 0 spiro atoms. The van der Waals surface area contributed by atoms with Crippen LogP contribution in [0, 0.1) is 17.2 Å². The summed E-state index contributed by atoms with van der Waals surface area (Å²) in [7, 11) is 0. The zero-order valence-corrected chi connectivity index (χ0v) is 11.6. The monoisotopic (exact) mass is 252 g/mol. The third-order valence-corrected chi connectivity index (χ3v) is 5.53. The van der Waals surface area contributed by atoms with Crippen molar-refractivity contribution in [1.29, 1.82) is 5.26 Å². The van der Waals surface area contributed by atoms with Crippen molar-refractivity contribution in [2.45, 2.75) is 68.7 Å². The van der Waals surface area contributed by atoms with Crippen molar-refractivity contribution < 1.29 is 0 Å². The zero-order valence-electron chi connectivity index (χ0n) is 10.8. The molecule has 0 aromatic rings. The number of thioether (sulfide) groups is 1. The lowest BCUT2D eigenvalue weighted by atomic mass is 9.84. The fraction of sp³-hybridized carbons (Fsp3) is 0.929. The van der Waals surface area contributed by atoms with Crippen molar-refractivity contribution in [3.63, 3.8) is 0 Å². The average molecular weight is 252 g/mol. The summed E-state index contributed by atoms with van der Waals surface area (Å²) in [6.07, 6.45) is 12.5. The summed E-state index contributed by atoms with van der Waals surface area (Å²) in [6, 6.07) is 3.62. The fourth-order valence-electron chi connectivity index (χ4n) is 3.33. The highest BCUT2D eigenvalue weighted by atomic mass is 32.2. The smallest absolute Gasteiger partial charge is 0.0672 e. The molecular formula is C14H24N2S. The summed E-state index contributed by atoms with van der Waals surface area (Å²) >= 11 is 2.01. The molecule has 0 aromatic carbocycles. The van der Waals surface area contributed by atoms with Crippen molar-refractivity contribution in [2.24, 2.45) is 5.92 Å². The lowest BCUT2D eigenvalue weighted by molar-refractivity contribution is 0.260. The number of nitrogens with one attached hydrogen (secondary N) is 1. The first-order chi connectivity index (χ1) is 8.35. The normalized spacial score (nSPS) is 38.6. The molecule has 0 aromatic heterocycles. The Balaban J connectivity index is 1.91. The van der Waals surface area contributed by atoms with Gasteiger partial charge in [-0.15, -0.1) is 0 Å². The van der Waals surface area contributed by atoms with Gasteiger partial charge in [0, 0.05) is 17.3 Å². The summed E-state index contributed by atoms with van der Waals surface area (Å²) < 4.78 is 0. The maximum atomic E-state index is 9.22. The highest BCUT2D eigenvalue weighted by Crippen LogP contribution is 2.30. The van der Waals surface area contributed by atoms with Crippen LogP contribution in [-0.4, -0.2) is 23.6 Å². The molecule has 0 amide bonds. The van der Waals surface area contributed by atoms with E-state index in [9.17, 15) is 5.26 Å². The van der Waals surface area contributed by atoms with E-state index in [-0.39, 0.29) is 5.92 Å². The van der Waals surface area contributed by atoms with Crippen LogP contribution in [-0.2, 0) is 0 Å². The Kier molecular flexibility index (Phi) is 5.18. The van der Waals surface area contributed by atoms with E-state index in [2.05, 4.69) is 17.6 Å². The largest absolute Gasteiger partial charge is 0.309 e. The number of rotatable bonds is 3. The summed E-state index contributed by atoms with van der Waals surface area (Å²) in [6.45, 7) is 0. The quantitative estimate of drug-likeness (QED) is 0.837. The van der Waals surface area contributed by atoms with Gasteiger partial charge >= 0.3 is 0 Å². The van der Waals surface area contributed by atoms with E-state index in [4.69, 9.17) is 0 Å². The number of nitrogens with zero attached hydrogens (tertiary/aromatic N) is 1. The molecule has 2 aliphatic carbocycles. The Morgan fingerprint density at radius 3 is 2.35 bits per heavy atom. The Morgan fingerprint density at radius 2 is 1.65 bits per heavy atom. The van der Waals surface area contributed by atoms with Crippen LogP contribution in [0.4, 0.5) is 0 Å². The molecule has 0 bridgehead atoms. The minimum Gasteiger partial charge on any atom is -0.309 e. The second-order valence-corrected chi connectivity index (χ2v) is 6.54. The van der Waals surface area contributed by atoms with Crippen molar-refractivity contribution in [3.05, 3.63) is 0 Å². The molecule has 2 rings (SSSR count). The van der Waals surface area contributed by atoms with E-state index in [0.29, 0.717) is 12.1 Å². The third kappa shape index (κ3) is 3.39. The van der Waals surface area contributed by atoms with Gasteiger partial charge in [0.05, 0.1) is 12.0 Å². The van der Waals surface area contributed by atoms with E-state index < -0.39 is 0 Å². The highest BCUT2D eigenvalue weighted by molar-refractivity contribution is 7.99. The molecule has 0 saturated heterocycles. The van der Waals surface area contributed by atoms with Crippen LogP contribution in [0.5, 0.6) is 0 Å². The minimum absolute atomic E-state index is 0.258. The molecule has 0 heterocycles. The van der Waals surface area contributed by atoms with Crippen LogP contribution in [0.15, 0.2) is 0 Å². The molecule has 2 nitrogen and oxygen atoms in total. The van der Waals surface area contributed by atoms with Crippen LogP contribution in [0.3, 0.4) is 0 Å². The van der Waals surface area contributed by atoms with E-state index in [1.165, 1.54) is 44.9 Å². The summed E-state index contributed by atoms with van der Waals surface area (Å²) in [5, 5.41) is 13.8. The molecule has 0 radical (unpaired) electrons. The Labute approximate surface area is 110 Å². The van der Waals surface area contributed by atoms with E-state index in [1.807, 2.05) is 11.8 Å². The predicted octanol–water partition coefficient (Wildman–Crippen LogP) is 3.33. The average Bonchev–Trinajstić information content (AvgIpc) is 2.40. The van der Waals surface area contributed by atoms with E-state index in [1.54, 1.807) is 0 Å². The van der Waals surface area contributed by atoms with Gasteiger partial charge in [-0.05, 0) is 31.9 Å². The lowest BCUT2D eigenvalue weighted by Crippen LogP contribution is -2.49. The van der Waals surface area contributed by atoms with Crippen LogP contribution in [0.1, 0.15) is 51.4 Å². The first kappa shape index (κ1) is 13.2. The predicted molar refractivity (Wildman–Crippen MR) is 74.1 cm³/mol. The summed E-state index contributed by atoms with van der Waals surface area (Å²) in [4.78, 5) is 0. The molecule has 0 aliphatic heterocycles. The van der Waals surface area contributed by atoms with Gasteiger partial charge in [0.15, 0.2) is 0 Å². The van der Waals surface area contributed by atoms with Gasteiger partial charge in [0.2, 0.25) is 0 Å². The standard InChI is InChI=1S/C14H24N2S/c1-17-14-9-5-4-8-13(14)16-12-7-3-2-6-11(12)10-15/h11-14,16H,2-9H2,1H3. The Hall–Kier alpha value is -0.200. The van der Waals surface area contributed by atoms with Crippen molar-refractivity contribution >= 4 is 11.8 Å². The third-order valence-electron chi connectivity index (χ3n) is 4.37. The van der Waals surface area contributed by atoms with Crippen LogP contribution in [0.2, 0.25) is 0 Å². The fourth-order valence-corrected chi connectivity index (χ4v) is 4.28. The maximum Gasteiger partial charge on any atom is 0.0672 e. The molecule has 1 N–H and O–H groups in total. The van der Waals surface area contributed by atoms with Crippen LogP contribution in [0.25, 0.3) is 0 Å². The van der Waals surface area contributed by atoms with Crippen molar-refractivity contribution in [1.82, 2.24) is 5.32 Å².